The van der Waals surface area contributed by atoms with Crippen LogP contribution >= 0.6 is 11.8 Å². The van der Waals surface area contributed by atoms with E-state index in [4.69, 9.17) is 10.5 Å². The van der Waals surface area contributed by atoms with Gasteiger partial charge in [0.25, 0.3) is 5.91 Å². The quantitative estimate of drug-likeness (QED) is 0.578. The molecule has 7 heteroatoms. The van der Waals surface area contributed by atoms with Crippen LogP contribution in [0.1, 0.15) is 6.42 Å². The zero-order chi connectivity index (χ0) is 16.2. The van der Waals surface area contributed by atoms with Crippen molar-refractivity contribution in [2.45, 2.75) is 12.5 Å². The Bertz CT molecular complexity index is 457. The monoisotopic (exact) mass is 325 g/mol. The number of nitrogens with one attached hydrogen (secondary N) is 2. The summed E-state index contributed by atoms with van der Waals surface area (Å²) in [6.45, 7) is 0.640. The van der Waals surface area contributed by atoms with E-state index in [0.29, 0.717) is 25.3 Å². The molecular weight excluding hydrogens is 302 g/mol. The van der Waals surface area contributed by atoms with Crippen molar-refractivity contribution in [1.29, 1.82) is 0 Å². The Morgan fingerprint density at radius 3 is 2.68 bits per heavy atom. The van der Waals surface area contributed by atoms with Crippen LogP contribution < -0.4 is 21.1 Å². The fraction of sp³-hybridized carbons (Fsp3) is 0.467. The number of nitrogens with two attached hydrogens (primary N) is 1. The zero-order valence-corrected chi connectivity index (χ0v) is 13.5. The molecule has 1 atom stereocenters. The molecule has 1 aromatic carbocycles. The van der Waals surface area contributed by atoms with E-state index in [-0.39, 0.29) is 18.4 Å². The number of ether oxygens (including phenoxy) is 1. The molecule has 0 aromatic heterocycles. The van der Waals surface area contributed by atoms with Crippen LogP contribution in [-0.2, 0) is 9.59 Å². The number of carbonyl (C=O) groups excluding carboxylic acids is 2. The highest BCUT2D eigenvalue weighted by Gasteiger charge is 2.20. The van der Waals surface area contributed by atoms with Crippen LogP contribution in [0.3, 0.4) is 0 Å². The van der Waals surface area contributed by atoms with Gasteiger partial charge in [0, 0.05) is 13.1 Å². The van der Waals surface area contributed by atoms with Gasteiger partial charge in [-0.1, -0.05) is 18.2 Å². The predicted octanol–water partition coefficient (Wildman–Crippen LogP) is 0.378. The predicted molar refractivity (Wildman–Crippen MR) is 88.9 cm³/mol. The van der Waals surface area contributed by atoms with Crippen LogP contribution in [0.4, 0.5) is 0 Å². The normalized spacial score (nSPS) is 11.5. The van der Waals surface area contributed by atoms with E-state index in [1.807, 2.05) is 24.5 Å². The summed E-state index contributed by atoms with van der Waals surface area (Å²) in [6, 6.07) is 8.50. The molecular formula is C15H23N3O3S. The first-order valence-corrected chi connectivity index (χ1v) is 8.50. The van der Waals surface area contributed by atoms with Gasteiger partial charge in [0.2, 0.25) is 5.91 Å². The van der Waals surface area contributed by atoms with Crippen molar-refractivity contribution in [2.75, 3.05) is 31.7 Å². The summed E-state index contributed by atoms with van der Waals surface area (Å²) in [5.74, 6) is 0.858. The van der Waals surface area contributed by atoms with Crippen molar-refractivity contribution in [2.24, 2.45) is 5.73 Å². The second-order valence-corrected chi connectivity index (χ2v) is 5.57. The first-order valence-electron chi connectivity index (χ1n) is 7.11. The lowest BCUT2D eigenvalue weighted by Gasteiger charge is -2.18. The maximum Gasteiger partial charge on any atom is 0.258 e. The third-order valence-corrected chi connectivity index (χ3v) is 3.46. The highest BCUT2D eigenvalue weighted by molar-refractivity contribution is 7.98. The number of amides is 2. The van der Waals surface area contributed by atoms with Gasteiger partial charge in [-0.3, -0.25) is 9.59 Å². The average Bonchev–Trinajstić information content (AvgIpc) is 2.55. The van der Waals surface area contributed by atoms with Gasteiger partial charge in [0.05, 0.1) is 0 Å². The summed E-state index contributed by atoms with van der Waals surface area (Å²) in [4.78, 5) is 23.9. The molecule has 4 N–H and O–H groups in total. The minimum absolute atomic E-state index is 0.121. The molecule has 1 unspecified atom stereocenters. The number of benzene rings is 1. The maximum atomic E-state index is 12.0. The summed E-state index contributed by atoms with van der Waals surface area (Å²) in [5.41, 5.74) is 5.36. The van der Waals surface area contributed by atoms with Crippen LogP contribution in [0, 0.1) is 0 Å². The number of thioether (sulfide) groups is 1. The van der Waals surface area contributed by atoms with Gasteiger partial charge in [-0.25, -0.2) is 0 Å². The molecule has 0 aliphatic rings. The van der Waals surface area contributed by atoms with Crippen LogP contribution in [0.25, 0.3) is 0 Å². The molecule has 22 heavy (non-hydrogen) atoms. The maximum absolute atomic E-state index is 12.0. The Morgan fingerprint density at radius 1 is 1.32 bits per heavy atom. The molecule has 0 fully saturated rings. The molecule has 0 bridgehead atoms. The van der Waals surface area contributed by atoms with Crippen molar-refractivity contribution in [3.05, 3.63) is 30.3 Å². The number of hydrogen-bond acceptors (Lipinski definition) is 5. The van der Waals surface area contributed by atoms with Gasteiger partial charge in [-0.05, 0) is 30.6 Å². The fourth-order valence-corrected chi connectivity index (χ4v) is 2.20. The summed E-state index contributed by atoms with van der Waals surface area (Å²) < 4.78 is 5.37. The fourth-order valence-electron chi connectivity index (χ4n) is 1.72. The largest absolute Gasteiger partial charge is 0.484 e. The molecule has 0 radical (unpaired) electrons. The highest BCUT2D eigenvalue weighted by Crippen LogP contribution is 2.08. The molecule has 122 valence electrons. The first-order chi connectivity index (χ1) is 10.7. The molecule has 6 nitrogen and oxygen atoms in total. The molecule has 1 rings (SSSR count). The van der Waals surface area contributed by atoms with Crippen LogP contribution in [0.5, 0.6) is 5.75 Å². The molecule has 0 spiro atoms. The minimum atomic E-state index is -0.564. The van der Waals surface area contributed by atoms with Crippen LogP contribution in [-0.4, -0.2) is 49.6 Å². The van der Waals surface area contributed by atoms with Crippen molar-refractivity contribution < 1.29 is 14.3 Å². The first kappa shape index (κ1) is 18.3. The van der Waals surface area contributed by atoms with Crippen molar-refractivity contribution in [3.63, 3.8) is 0 Å². The molecule has 2 amide bonds. The van der Waals surface area contributed by atoms with E-state index < -0.39 is 6.04 Å². The topological polar surface area (TPSA) is 93.4 Å². The lowest BCUT2D eigenvalue weighted by atomic mass is 10.2. The van der Waals surface area contributed by atoms with Crippen molar-refractivity contribution in [3.8, 4) is 5.75 Å². The molecule has 0 heterocycles. The third-order valence-electron chi connectivity index (χ3n) is 2.82. The summed E-state index contributed by atoms with van der Waals surface area (Å²) in [5, 5.41) is 5.39. The Labute approximate surface area is 135 Å². The second-order valence-electron chi connectivity index (χ2n) is 4.58. The van der Waals surface area contributed by atoms with E-state index in [1.165, 1.54) is 0 Å². The van der Waals surface area contributed by atoms with Gasteiger partial charge in [-0.15, -0.1) is 0 Å². The smallest absolute Gasteiger partial charge is 0.258 e. The van der Waals surface area contributed by atoms with Gasteiger partial charge >= 0.3 is 0 Å². The van der Waals surface area contributed by atoms with E-state index >= 15 is 0 Å². The van der Waals surface area contributed by atoms with E-state index in [9.17, 15) is 9.59 Å². The van der Waals surface area contributed by atoms with Crippen LogP contribution in [0.2, 0.25) is 0 Å². The number of para-hydroxylation sites is 1. The van der Waals surface area contributed by atoms with Gasteiger partial charge in [0.15, 0.2) is 6.61 Å². The van der Waals surface area contributed by atoms with Gasteiger partial charge in [-0.2, -0.15) is 11.8 Å². The molecule has 0 aliphatic heterocycles. The lowest BCUT2D eigenvalue weighted by Crippen LogP contribution is -2.49. The van der Waals surface area contributed by atoms with Crippen molar-refractivity contribution in [1.82, 2.24) is 10.6 Å². The number of carbonyl (C=O) groups is 2. The Hall–Kier alpha value is -1.73. The minimum Gasteiger partial charge on any atom is -0.484 e. The van der Waals surface area contributed by atoms with E-state index in [0.717, 1.165) is 5.75 Å². The average molecular weight is 325 g/mol. The summed E-state index contributed by atoms with van der Waals surface area (Å²) in [7, 11) is 0. The Balaban J connectivity index is 2.45. The van der Waals surface area contributed by atoms with Crippen molar-refractivity contribution >= 4 is 23.6 Å². The second kappa shape index (κ2) is 10.9. The number of rotatable bonds is 10. The Kier molecular flexibility index (Phi) is 9.09. The standard InChI is InChI=1S/C15H23N3O3S/c1-22-10-7-13(15(20)17-9-8-16)18-14(19)11-21-12-5-3-2-4-6-12/h2-6,13H,7-11,16H2,1H3,(H,17,20)(H,18,19). The lowest BCUT2D eigenvalue weighted by molar-refractivity contribution is -0.130. The summed E-state index contributed by atoms with van der Waals surface area (Å²) in [6.07, 6.45) is 2.52. The molecule has 0 saturated heterocycles. The SMILES string of the molecule is CSCCC(NC(=O)COc1ccccc1)C(=O)NCCN. The summed E-state index contributed by atoms with van der Waals surface area (Å²) >= 11 is 1.62. The van der Waals surface area contributed by atoms with Gasteiger partial charge in [0.1, 0.15) is 11.8 Å². The van der Waals surface area contributed by atoms with Crippen LogP contribution in [0.15, 0.2) is 30.3 Å². The van der Waals surface area contributed by atoms with E-state index in [2.05, 4.69) is 10.6 Å². The third kappa shape index (κ3) is 7.33. The molecule has 0 saturated carbocycles. The van der Waals surface area contributed by atoms with E-state index in [1.54, 1.807) is 23.9 Å². The Morgan fingerprint density at radius 2 is 2.05 bits per heavy atom. The van der Waals surface area contributed by atoms with Gasteiger partial charge < -0.3 is 21.1 Å². The highest BCUT2D eigenvalue weighted by atomic mass is 32.2. The zero-order valence-electron chi connectivity index (χ0n) is 12.7. The number of hydrogen-bond donors (Lipinski definition) is 3. The molecule has 1 aromatic rings. The molecule has 0 aliphatic carbocycles.